The summed E-state index contributed by atoms with van der Waals surface area (Å²) in [5.74, 6) is 1.25. The van der Waals surface area contributed by atoms with Crippen LogP contribution in [0, 0.1) is 0 Å². The maximum atomic E-state index is 12.1. The number of nitrogen functional groups attached to an aromatic ring is 1. The lowest BCUT2D eigenvalue weighted by atomic mass is 10.1. The third-order valence-electron chi connectivity index (χ3n) is 2.90. The maximum Gasteiger partial charge on any atom is 0.255 e. The van der Waals surface area contributed by atoms with Crippen molar-refractivity contribution in [1.82, 2.24) is 15.3 Å². The van der Waals surface area contributed by atoms with Gasteiger partial charge in [-0.05, 0) is 24.6 Å². The van der Waals surface area contributed by atoms with Gasteiger partial charge in [-0.3, -0.25) is 4.79 Å². The fourth-order valence-corrected chi connectivity index (χ4v) is 1.89. The molecule has 106 valence electrons. The van der Waals surface area contributed by atoms with Gasteiger partial charge in [0, 0.05) is 31.0 Å². The number of hydrogen-bond acceptors (Lipinski definition) is 4. The number of nitrogens with zero attached hydrogens (tertiary/aromatic N) is 1. The zero-order valence-corrected chi connectivity index (χ0v) is 11.3. The molecule has 0 radical (unpaired) electrons. The number of aromatic nitrogens is 2. The van der Waals surface area contributed by atoms with Crippen LogP contribution < -0.4 is 15.8 Å². The maximum absolute atomic E-state index is 12.1. The number of hydrogen-bond donors (Lipinski definition) is 3. The molecular weight excluding hydrogens is 256 g/mol. The summed E-state index contributed by atoms with van der Waals surface area (Å²) in [4.78, 5) is 19.2. The summed E-state index contributed by atoms with van der Waals surface area (Å²) >= 11 is 0. The Morgan fingerprint density at radius 3 is 3.05 bits per heavy atom. The van der Waals surface area contributed by atoms with Gasteiger partial charge in [0.15, 0.2) is 0 Å². The molecule has 1 aromatic carbocycles. The highest BCUT2D eigenvalue weighted by Crippen LogP contribution is 2.20. The zero-order chi connectivity index (χ0) is 14.4. The number of aromatic amines is 1. The first kappa shape index (κ1) is 13.9. The van der Waals surface area contributed by atoms with Gasteiger partial charge in [0.2, 0.25) is 0 Å². The molecule has 0 aliphatic carbocycles. The van der Waals surface area contributed by atoms with Crippen molar-refractivity contribution in [3.63, 3.8) is 0 Å². The lowest BCUT2D eigenvalue weighted by molar-refractivity contribution is 0.0950. The number of nitrogens with two attached hydrogens (primary N) is 1. The molecule has 6 nitrogen and oxygen atoms in total. The number of H-pyrrole nitrogens is 1. The number of nitrogens with one attached hydrogen (secondary N) is 2. The SMILES string of the molecule is COc1ccc(N)cc1C(=O)NCCCc1ncc[nH]1. The number of imidazole rings is 1. The molecule has 4 N–H and O–H groups in total. The average Bonchev–Trinajstić information content (AvgIpc) is 2.96. The van der Waals surface area contributed by atoms with Crippen LogP contribution in [0.4, 0.5) is 5.69 Å². The van der Waals surface area contributed by atoms with Crippen molar-refractivity contribution in [1.29, 1.82) is 0 Å². The van der Waals surface area contributed by atoms with Crippen molar-refractivity contribution in [3.05, 3.63) is 42.0 Å². The minimum absolute atomic E-state index is 0.186. The van der Waals surface area contributed by atoms with Crippen LogP contribution in [0.5, 0.6) is 5.75 Å². The molecule has 0 fully saturated rings. The monoisotopic (exact) mass is 274 g/mol. The molecular formula is C14H18N4O2. The predicted octanol–water partition coefficient (Wildman–Crippen LogP) is 1.36. The van der Waals surface area contributed by atoms with Gasteiger partial charge in [0.25, 0.3) is 5.91 Å². The van der Waals surface area contributed by atoms with Crippen LogP contribution in [0.2, 0.25) is 0 Å². The minimum Gasteiger partial charge on any atom is -0.496 e. The predicted molar refractivity (Wildman–Crippen MR) is 76.6 cm³/mol. The van der Waals surface area contributed by atoms with Crippen LogP contribution in [0.15, 0.2) is 30.6 Å². The van der Waals surface area contributed by atoms with E-state index >= 15 is 0 Å². The third-order valence-corrected chi connectivity index (χ3v) is 2.90. The van der Waals surface area contributed by atoms with Crippen LogP contribution in [0.3, 0.4) is 0 Å². The lowest BCUT2D eigenvalue weighted by Crippen LogP contribution is -2.25. The van der Waals surface area contributed by atoms with Gasteiger partial charge in [-0.2, -0.15) is 0 Å². The summed E-state index contributed by atoms with van der Waals surface area (Å²) in [5, 5.41) is 2.85. The largest absolute Gasteiger partial charge is 0.496 e. The first-order valence-corrected chi connectivity index (χ1v) is 6.40. The highest BCUT2D eigenvalue weighted by atomic mass is 16.5. The first-order valence-electron chi connectivity index (χ1n) is 6.40. The summed E-state index contributed by atoms with van der Waals surface area (Å²) in [6.45, 7) is 0.567. The van der Waals surface area contributed by atoms with Gasteiger partial charge in [-0.15, -0.1) is 0 Å². The standard InChI is InChI=1S/C14H18N4O2/c1-20-12-5-4-10(15)9-11(12)14(19)18-6-2-3-13-16-7-8-17-13/h4-5,7-9H,2-3,6,15H2,1H3,(H,16,17)(H,18,19). The lowest BCUT2D eigenvalue weighted by Gasteiger charge is -2.09. The molecule has 0 unspecified atom stereocenters. The van der Waals surface area contributed by atoms with Gasteiger partial charge < -0.3 is 20.8 Å². The van der Waals surface area contributed by atoms with Crippen molar-refractivity contribution < 1.29 is 9.53 Å². The van der Waals surface area contributed by atoms with E-state index in [0.717, 1.165) is 18.7 Å². The van der Waals surface area contributed by atoms with Crippen LogP contribution >= 0.6 is 0 Å². The summed E-state index contributed by atoms with van der Waals surface area (Å²) < 4.78 is 5.16. The summed E-state index contributed by atoms with van der Waals surface area (Å²) in [5.41, 5.74) is 6.67. The van der Waals surface area contributed by atoms with Crippen molar-refractivity contribution in [3.8, 4) is 5.75 Å². The second kappa shape index (κ2) is 6.60. The van der Waals surface area contributed by atoms with Crippen LogP contribution in [0.1, 0.15) is 22.6 Å². The molecule has 6 heteroatoms. The Morgan fingerprint density at radius 2 is 2.35 bits per heavy atom. The molecule has 1 heterocycles. The molecule has 0 saturated heterocycles. The van der Waals surface area contributed by atoms with Crippen molar-refractivity contribution in [2.45, 2.75) is 12.8 Å². The normalized spacial score (nSPS) is 10.2. The fourth-order valence-electron chi connectivity index (χ4n) is 1.89. The van der Waals surface area contributed by atoms with E-state index in [9.17, 15) is 4.79 Å². The van der Waals surface area contributed by atoms with Crippen molar-refractivity contribution in [2.75, 3.05) is 19.4 Å². The van der Waals surface area contributed by atoms with Gasteiger partial charge in [0.05, 0.1) is 12.7 Å². The van der Waals surface area contributed by atoms with E-state index in [4.69, 9.17) is 10.5 Å². The van der Waals surface area contributed by atoms with Gasteiger partial charge in [0.1, 0.15) is 11.6 Å². The smallest absolute Gasteiger partial charge is 0.255 e. The molecule has 0 aliphatic rings. The average molecular weight is 274 g/mol. The van der Waals surface area contributed by atoms with Gasteiger partial charge in [-0.1, -0.05) is 0 Å². The molecule has 0 spiro atoms. The molecule has 20 heavy (non-hydrogen) atoms. The summed E-state index contributed by atoms with van der Waals surface area (Å²) in [7, 11) is 1.53. The number of ether oxygens (including phenoxy) is 1. The Hall–Kier alpha value is -2.50. The Kier molecular flexibility index (Phi) is 4.60. The van der Waals surface area contributed by atoms with Crippen LogP contribution in [-0.4, -0.2) is 29.5 Å². The molecule has 0 aliphatic heterocycles. The number of benzene rings is 1. The number of anilines is 1. The third kappa shape index (κ3) is 3.50. The molecule has 1 amide bonds. The molecule has 2 aromatic rings. The number of amides is 1. The van der Waals surface area contributed by atoms with E-state index in [1.165, 1.54) is 7.11 Å². The summed E-state index contributed by atoms with van der Waals surface area (Å²) in [6, 6.07) is 5.00. The van der Waals surface area contributed by atoms with E-state index in [0.29, 0.717) is 23.5 Å². The highest BCUT2D eigenvalue weighted by molar-refractivity contribution is 5.97. The topological polar surface area (TPSA) is 93.0 Å². The second-order valence-electron chi connectivity index (χ2n) is 4.36. The highest BCUT2D eigenvalue weighted by Gasteiger charge is 2.12. The van der Waals surface area contributed by atoms with E-state index in [1.807, 2.05) is 0 Å². The molecule has 0 bridgehead atoms. The second-order valence-corrected chi connectivity index (χ2v) is 4.36. The van der Waals surface area contributed by atoms with E-state index in [1.54, 1.807) is 30.6 Å². The molecule has 0 saturated carbocycles. The Balaban J connectivity index is 1.87. The Bertz CT molecular complexity index is 567. The van der Waals surface area contributed by atoms with E-state index in [2.05, 4.69) is 15.3 Å². The van der Waals surface area contributed by atoms with Crippen molar-refractivity contribution >= 4 is 11.6 Å². The number of rotatable bonds is 6. The first-order chi connectivity index (χ1) is 9.70. The van der Waals surface area contributed by atoms with Crippen molar-refractivity contribution in [2.24, 2.45) is 0 Å². The molecule has 0 atom stereocenters. The van der Waals surface area contributed by atoms with E-state index < -0.39 is 0 Å². The zero-order valence-electron chi connectivity index (χ0n) is 11.3. The minimum atomic E-state index is -0.186. The number of carbonyl (C=O) groups is 1. The summed E-state index contributed by atoms with van der Waals surface area (Å²) in [6.07, 6.45) is 5.10. The Labute approximate surface area is 117 Å². The van der Waals surface area contributed by atoms with E-state index in [-0.39, 0.29) is 5.91 Å². The number of carbonyl (C=O) groups excluding carboxylic acids is 1. The number of methoxy groups -OCH3 is 1. The van der Waals surface area contributed by atoms with Gasteiger partial charge >= 0.3 is 0 Å². The Morgan fingerprint density at radius 1 is 1.50 bits per heavy atom. The fraction of sp³-hybridized carbons (Fsp3) is 0.286. The number of aryl methyl sites for hydroxylation is 1. The van der Waals surface area contributed by atoms with Gasteiger partial charge in [-0.25, -0.2) is 4.98 Å². The van der Waals surface area contributed by atoms with Crippen LogP contribution in [-0.2, 0) is 6.42 Å². The quantitative estimate of drug-likeness (QED) is 0.548. The molecule has 2 rings (SSSR count). The van der Waals surface area contributed by atoms with Crippen LogP contribution in [0.25, 0.3) is 0 Å². The molecule has 1 aromatic heterocycles.